The van der Waals surface area contributed by atoms with Crippen LogP contribution in [-0.4, -0.2) is 23.9 Å². The highest BCUT2D eigenvalue weighted by molar-refractivity contribution is 5.66. The molecule has 0 aliphatic heterocycles. The zero-order chi connectivity index (χ0) is 12.1. The van der Waals surface area contributed by atoms with Gasteiger partial charge in [0.25, 0.3) is 0 Å². The number of benzene rings is 1. The van der Waals surface area contributed by atoms with Gasteiger partial charge >= 0.3 is 0 Å². The Labute approximate surface area is 100 Å². The Hall–Kier alpha value is -1.94. The van der Waals surface area contributed by atoms with Crippen LogP contribution < -0.4 is 10.5 Å². The molecule has 0 saturated heterocycles. The Morgan fingerprint density at radius 2 is 1.94 bits per heavy atom. The van der Waals surface area contributed by atoms with E-state index in [1.54, 1.807) is 7.11 Å². The maximum atomic E-state index is 5.47. The minimum absolute atomic E-state index is 0.586. The predicted octanol–water partition coefficient (Wildman–Crippen LogP) is 1.65. The van der Waals surface area contributed by atoms with Crippen molar-refractivity contribution < 1.29 is 4.74 Å². The first kappa shape index (κ1) is 11.5. The maximum Gasteiger partial charge on any atom is 0.128 e. The topological polar surface area (TPSA) is 61.0 Å². The van der Waals surface area contributed by atoms with Crippen molar-refractivity contribution in [1.29, 1.82) is 0 Å². The molecule has 1 aromatic heterocycles. The molecule has 2 aromatic rings. The van der Waals surface area contributed by atoms with Crippen molar-refractivity contribution >= 4 is 0 Å². The molecular formula is C13H15N3O. The van der Waals surface area contributed by atoms with Crippen molar-refractivity contribution in [3.8, 4) is 17.0 Å². The fourth-order valence-corrected chi connectivity index (χ4v) is 1.64. The highest BCUT2D eigenvalue weighted by Gasteiger charge is 2.06. The number of hydrogen-bond donors (Lipinski definition) is 1. The minimum atomic E-state index is 0.586. The number of nitrogens with two attached hydrogens (primary N) is 1. The van der Waals surface area contributed by atoms with E-state index >= 15 is 0 Å². The second-order valence-corrected chi connectivity index (χ2v) is 3.65. The van der Waals surface area contributed by atoms with E-state index in [1.165, 1.54) is 0 Å². The molecule has 1 aromatic carbocycles. The maximum absolute atomic E-state index is 5.47. The van der Waals surface area contributed by atoms with Crippen molar-refractivity contribution in [3.63, 3.8) is 0 Å². The van der Waals surface area contributed by atoms with Gasteiger partial charge in [-0.15, -0.1) is 0 Å². The quantitative estimate of drug-likeness (QED) is 0.866. The normalized spacial score (nSPS) is 10.2. The summed E-state index contributed by atoms with van der Waals surface area (Å²) in [6.07, 6.45) is 0.749. The zero-order valence-electron chi connectivity index (χ0n) is 9.76. The number of nitrogens with zero attached hydrogens (tertiary/aromatic N) is 2. The van der Waals surface area contributed by atoms with Gasteiger partial charge in [0.2, 0.25) is 0 Å². The summed E-state index contributed by atoms with van der Waals surface area (Å²) in [5, 5.41) is 8.33. The molecule has 0 radical (unpaired) electrons. The van der Waals surface area contributed by atoms with E-state index in [-0.39, 0.29) is 0 Å². The molecule has 0 unspecified atom stereocenters. The van der Waals surface area contributed by atoms with E-state index in [0.717, 1.165) is 29.1 Å². The average molecular weight is 229 g/mol. The lowest BCUT2D eigenvalue weighted by Gasteiger charge is -2.07. The van der Waals surface area contributed by atoms with Crippen LogP contribution in [0.1, 0.15) is 5.69 Å². The van der Waals surface area contributed by atoms with Crippen LogP contribution in [-0.2, 0) is 6.42 Å². The van der Waals surface area contributed by atoms with Crippen LogP contribution in [0.2, 0.25) is 0 Å². The van der Waals surface area contributed by atoms with E-state index in [4.69, 9.17) is 10.5 Å². The summed E-state index contributed by atoms with van der Waals surface area (Å²) in [7, 11) is 1.65. The third-order valence-corrected chi connectivity index (χ3v) is 2.50. The van der Waals surface area contributed by atoms with E-state index in [1.807, 2.05) is 36.4 Å². The van der Waals surface area contributed by atoms with Gasteiger partial charge in [0.15, 0.2) is 0 Å². The predicted molar refractivity (Wildman–Crippen MR) is 66.8 cm³/mol. The summed E-state index contributed by atoms with van der Waals surface area (Å²) in [5.41, 5.74) is 8.13. The molecular weight excluding hydrogens is 214 g/mol. The van der Waals surface area contributed by atoms with Gasteiger partial charge in [-0.25, -0.2) is 0 Å². The van der Waals surface area contributed by atoms with Crippen molar-refractivity contribution in [1.82, 2.24) is 10.2 Å². The molecule has 0 aliphatic rings. The van der Waals surface area contributed by atoms with Gasteiger partial charge in [-0.3, -0.25) is 0 Å². The zero-order valence-corrected chi connectivity index (χ0v) is 9.76. The minimum Gasteiger partial charge on any atom is -0.496 e. The Morgan fingerprint density at radius 3 is 2.59 bits per heavy atom. The largest absolute Gasteiger partial charge is 0.496 e. The second kappa shape index (κ2) is 5.41. The molecule has 0 saturated carbocycles. The van der Waals surface area contributed by atoms with E-state index < -0.39 is 0 Å². The summed E-state index contributed by atoms with van der Waals surface area (Å²) in [6.45, 7) is 0.586. The van der Waals surface area contributed by atoms with Gasteiger partial charge in [0.05, 0.1) is 18.5 Å². The third-order valence-electron chi connectivity index (χ3n) is 2.50. The van der Waals surface area contributed by atoms with Crippen molar-refractivity contribution in [2.75, 3.05) is 13.7 Å². The van der Waals surface area contributed by atoms with Gasteiger partial charge < -0.3 is 10.5 Å². The summed E-state index contributed by atoms with van der Waals surface area (Å²) in [5.74, 6) is 0.799. The number of rotatable bonds is 4. The highest BCUT2D eigenvalue weighted by atomic mass is 16.5. The summed E-state index contributed by atoms with van der Waals surface area (Å²) < 4.78 is 5.29. The van der Waals surface area contributed by atoms with Crippen LogP contribution in [0.3, 0.4) is 0 Å². The first-order valence-corrected chi connectivity index (χ1v) is 5.51. The molecule has 4 nitrogen and oxygen atoms in total. The molecule has 2 rings (SSSR count). The fourth-order valence-electron chi connectivity index (χ4n) is 1.64. The first-order chi connectivity index (χ1) is 8.35. The Kier molecular flexibility index (Phi) is 3.67. The molecule has 2 N–H and O–H groups in total. The van der Waals surface area contributed by atoms with Crippen LogP contribution in [0.25, 0.3) is 11.3 Å². The lowest BCUT2D eigenvalue weighted by molar-refractivity contribution is 0.416. The average Bonchev–Trinajstić information content (AvgIpc) is 2.40. The molecule has 1 heterocycles. The second-order valence-electron chi connectivity index (χ2n) is 3.65. The Bertz CT molecular complexity index is 482. The number of ether oxygens (including phenoxy) is 1. The molecule has 0 amide bonds. The number of hydrogen-bond acceptors (Lipinski definition) is 4. The van der Waals surface area contributed by atoms with Crippen molar-refractivity contribution in [2.24, 2.45) is 5.73 Å². The van der Waals surface area contributed by atoms with Gasteiger partial charge in [-0.05, 0) is 30.8 Å². The molecule has 17 heavy (non-hydrogen) atoms. The van der Waals surface area contributed by atoms with Crippen LogP contribution in [0.15, 0.2) is 36.4 Å². The van der Waals surface area contributed by atoms with Crippen LogP contribution in [0.5, 0.6) is 5.75 Å². The van der Waals surface area contributed by atoms with Crippen LogP contribution in [0, 0.1) is 0 Å². The lowest BCUT2D eigenvalue weighted by atomic mass is 10.1. The Morgan fingerprint density at radius 1 is 1.12 bits per heavy atom. The van der Waals surface area contributed by atoms with E-state index in [2.05, 4.69) is 10.2 Å². The molecule has 88 valence electrons. The molecule has 0 fully saturated rings. The number of para-hydroxylation sites is 1. The van der Waals surface area contributed by atoms with Crippen molar-refractivity contribution in [3.05, 3.63) is 42.1 Å². The van der Waals surface area contributed by atoms with Crippen molar-refractivity contribution in [2.45, 2.75) is 6.42 Å². The highest BCUT2D eigenvalue weighted by Crippen LogP contribution is 2.27. The van der Waals surface area contributed by atoms with Crippen LogP contribution >= 0.6 is 0 Å². The monoisotopic (exact) mass is 229 g/mol. The van der Waals surface area contributed by atoms with Crippen LogP contribution in [0.4, 0.5) is 0 Å². The van der Waals surface area contributed by atoms with Gasteiger partial charge in [0, 0.05) is 12.0 Å². The fraction of sp³-hybridized carbons (Fsp3) is 0.231. The van der Waals surface area contributed by atoms with Gasteiger partial charge in [-0.2, -0.15) is 10.2 Å². The van der Waals surface area contributed by atoms with Gasteiger partial charge in [0.1, 0.15) is 5.75 Å². The smallest absolute Gasteiger partial charge is 0.128 e. The molecule has 4 heteroatoms. The summed E-state index contributed by atoms with van der Waals surface area (Å²) in [6, 6.07) is 11.6. The van der Waals surface area contributed by atoms with Gasteiger partial charge in [-0.1, -0.05) is 12.1 Å². The molecule has 0 spiro atoms. The number of aromatic nitrogens is 2. The summed E-state index contributed by atoms with van der Waals surface area (Å²) in [4.78, 5) is 0. The molecule has 0 atom stereocenters. The summed E-state index contributed by atoms with van der Waals surface area (Å²) >= 11 is 0. The molecule has 0 aliphatic carbocycles. The lowest BCUT2D eigenvalue weighted by Crippen LogP contribution is -2.05. The number of methoxy groups -OCH3 is 1. The SMILES string of the molecule is COc1ccccc1-c1ccc(CCN)nn1. The third kappa shape index (κ3) is 2.60. The van der Waals surface area contributed by atoms with E-state index in [0.29, 0.717) is 6.54 Å². The Balaban J connectivity index is 2.33. The first-order valence-electron chi connectivity index (χ1n) is 5.51. The van der Waals surface area contributed by atoms with E-state index in [9.17, 15) is 0 Å². The standard InChI is InChI=1S/C13H15N3O/c1-17-13-5-3-2-4-11(13)12-7-6-10(8-9-14)15-16-12/h2-7H,8-9,14H2,1H3. The molecule has 0 bridgehead atoms.